The molecule has 0 aromatic carbocycles. The molecule has 0 spiro atoms. The molecule has 0 saturated carbocycles. The summed E-state index contributed by atoms with van der Waals surface area (Å²) in [5.74, 6) is -0.291. The van der Waals surface area contributed by atoms with Gasteiger partial charge in [-0.3, -0.25) is 4.79 Å². The standard InChI is InChI=1S/C49H81NO13/c1-3-5-7-9-11-13-14-15-16-17-18-19-20-21-22-23-24-25-27-29-31-33-41(54)50-37(38(53)32-30-28-26-12-10-8-6-4-2)36-60-48-46(59)44(57)47(40(35-52)62-48)63-49-45(58)43(56)42(55)39(34-51)61-49/h5,7,11,13,15-16,18-19,21-22,24-25,30,32,37-40,42-49,51-53,55-59H,3-4,6,8-10,12,14,17,20,23,26-29,31,33-36H2,1-2H3,(H,50,54)/b7-5-,13-11-,16-15-,19-18-,22-21-,25-24-,32-30+. The third-order valence-electron chi connectivity index (χ3n) is 10.8. The van der Waals surface area contributed by atoms with Crippen LogP contribution in [-0.2, 0) is 23.7 Å². The molecule has 0 bridgehead atoms. The molecular weight excluding hydrogens is 811 g/mol. The van der Waals surface area contributed by atoms with Gasteiger partial charge in [-0.15, -0.1) is 0 Å². The normalized spacial score (nSPS) is 28.3. The summed E-state index contributed by atoms with van der Waals surface area (Å²) in [5.41, 5.74) is 0. The maximum Gasteiger partial charge on any atom is 0.220 e. The molecule has 2 saturated heterocycles. The van der Waals surface area contributed by atoms with Crippen LogP contribution in [0, 0.1) is 0 Å². The lowest BCUT2D eigenvalue weighted by Gasteiger charge is -2.46. The summed E-state index contributed by atoms with van der Waals surface area (Å²) in [6.07, 6.45) is 27.9. The number of aliphatic hydroxyl groups excluding tert-OH is 8. The molecule has 2 fully saturated rings. The Morgan fingerprint density at radius 1 is 0.587 bits per heavy atom. The van der Waals surface area contributed by atoms with Gasteiger partial charge in [0.15, 0.2) is 12.6 Å². The third-order valence-corrected chi connectivity index (χ3v) is 10.8. The number of unbranched alkanes of at least 4 members (excludes halogenated alkanes) is 8. The van der Waals surface area contributed by atoms with Crippen LogP contribution in [0.25, 0.3) is 0 Å². The van der Waals surface area contributed by atoms with Crippen LogP contribution < -0.4 is 5.32 Å². The summed E-state index contributed by atoms with van der Waals surface area (Å²) < 4.78 is 22.6. The number of rotatable bonds is 33. The number of hydrogen-bond acceptors (Lipinski definition) is 13. The van der Waals surface area contributed by atoms with Crippen molar-refractivity contribution in [3.8, 4) is 0 Å². The predicted octanol–water partition coefficient (Wildman–Crippen LogP) is 5.04. The van der Waals surface area contributed by atoms with Crippen LogP contribution in [0.5, 0.6) is 0 Å². The smallest absolute Gasteiger partial charge is 0.220 e. The van der Waals surface area contributed by atoms with Crippen LogP contribution in [0.4, 0.5) is 0 Å². The number of carbonyl (C=O) groups excluding carboxylic acids is 1. The van der Waals surface area contributed by atoms with E-state index < -0.39 is 86.8 Å². The van der Waals surface area contributed by atoms with Crippen LogP contribution in [0.1, 0.15) is 123 Å². The second-order valence-corrected chi connectivity index (χ2v) is 16.1. The Morgan fingerprint density at radius 3 is 1.68 bits per heavy atom. The van der Waals surface area contributed by atoms with Gasteiger partial charge in [0.1, 0.15) is 48.8 Å². The predicted molar refractivity (Wildman–Crippen MR) is 244 cm³/mol. The molecule has 360 valence electrons. The van der Waals surface area contributed by atoms with Gasteiger partial charge in [0, 0.05) is 6.42 Å². The summed E-state index contributed by atoms with van der Waals surface area (Å²) in [6, 6.07) is -0.940. The number of hydrogen-bond donors (Lipinski definition) is 9. The van der Waals surface area contributed by atoms with E-state index >= 15 is 0 Å². The summed E-state index contributed by atoms with van der Waals surface area (Å²) >= 11 is 0. The van der Waals surface area contributed by atoms with Crippen molar-refractivity contribution in [3.63, 3.8) is 0 Å². The van der Waals surface area contributed by atoms with Gasteiger partial charge in [0.2, 0.25) is 5.91 Å². The van der Waals surface area contributed by atoms with Crippen molar-refractivity contribution in [1.29, 1.82) is 0 Å². The molecule has 2 heterocycles. The highest BCUT2D eigenvalue weighted by Gasteiger charge is 2.50. The van der Waals surface area contributed by atoms with Gasteiger partial charge in [-0.25, -0.2) is 0 Å². The van der Waals surface area contributed by atoms with E-state index in [0.717, 1.165) is 77.0 Å². The largest absolute Gasteiger partial charge is 0.394 e. The van der Waals surface area contributed by atoms with Gasteiger partial charge in [0.05, 0.1) is 32.0 Å². The molecule has 0 aromatic heterocycles. The fourth-order valence-electron chi connectivity index (χ4n) is 7.00. The Hall–Kier alpha value is -2.83. The maximum absolute atomic E-state index is 13.1. The van der Waals surface area contributed by atoms with Crippen LogP contribution in [0.15, 0.2) is 85.1 Å². The summed E-state index contributed by atoms with van der Waals surface area (Å²) in [6.45, 7) is 2.55. The number of ether oxygens (including phenoxy) is 4. The molecule has 12 atom stereocenters. The highest BCUT2D eigenvalue weighted by Crippen LogP contribution is 2.30. The molecule has 0 aliphatic carbocycles. The molecule has 14 nitrogen and oxygen atoms in total. The lowest BCUT2D eigenvalue weighted by Crippen LogP contribution is -2.65. The van der Waals surface area contributed by atoms with Crippen molar-refractivity contribution in [1.82, 2.24) is 5.32 Å². The van der Waals surface area contributed by atoms with Crippen LogP contribution in [0.2, 0.25) is 0 Å². The first-order valence-electron chi connectivity index (χ1n) is 23.3. The molecule has 9 N–H and O–H groups in total. The highest BCUT2D eigenvalue weighted by molar-refractivity contribution is 5.76. The molecule has 1 amide bonds. The maximum atomic E-state index is 13.1. The van der Waals surface area contributed by atoms with Crippen LogP contribution >= 0.6 is 0 Å². The Morgan fingerprint density at radius 2 is 1.10 bits per heavy atom. The van der Waals surface area contributed by atoms with E-state index in [-0.39, 0.29) is 18.9 Å². The first-order chi connectivity index (χ1) is 30.6. The number of amides is 1. The van der Waals surface area contributed by atoms with E-state index in [1.54, 1.807) is 6.08 Å². The van der Waals surface area contributed by atoms with Gasteiger partial charge >= 0.3 is 0 Å². The van der Waals surface area contributed by atoms with E-state index in [1.165, 1.54) is 19.3 Å². The first kappa shape index (κ1) is 56.3. The van der Waals surface area contributed by atoms with E-state index in [9.17, 15) is 45.6 Å². The monoisotopic (exact) mass is 892 g/mol. The molecule has 63 heavy (non-hydrogen) atoms. The molecule has 0 aromatic rings. The number of nitrogens with one attached hydrogen (secondary N) is 1. The Bertz CT molecular complexity index is 1380. The SMILES string of the molecule is CC/C=C\C/C=C\C/C=C\C/C=C\C/C=C\C/C=C\CCCCC(=O)NC(COC1OC(CO)C(OC2OC(CO)C(O)C(O)C2O)C(O)C1O)C(O)/C=C/CCCCCCCC. The van der Waals surface area contributed by atoms with Crippen molar-refractivity contribution in [2.75, 3.05) is 19.8 Å². The summed E-state index contributed by atoms with van der Waals surface area (Å²) in [4.78, 5) is 13.1. The Labute approximate surface area is 376 Å². The average Bonchev–Trinajstić information content (AvgIpc) is 3.28. The fourth-order valence-corrected chi connectivity index (χ4v) is 7.00. The van der Waals surface area contributed by atoms with Crippen molar-refractivity contribution in [2.45, 2.75) is 197 Å². The lowest BCUT2D eigenvalue weighted by atomic mass is 9.97. The highest BCUT2D eigenvalue weighted by atomic mass is 16.7. The first-order valence-corrected chi connectivity index (χ1v) is 23.3. The summed E-state index contributed by atoms with van der Waals surface area (Å²) in [5, 5.41) is 86.3. The van der Waals surface area contributed by atoms with Crippen molar-refractivity contribution in [2.24, 2.45) is 0 Å². The van der Waals surface area contributed by atoms with Crippen LogP contribution in [0.3, 0.4) is 0 Å². The van der Waals surface area contributed by atoms with E-state index in [0.29, 0.717) is 6.42 Å². The average molecular weight is 892 g/mol. The van der Waals surface area contributed by atoms with E-state index in [2.05, 4.69) is 92.1 Å². The fraction of sp³-hybridized carbons (Fsp3) is 0.694. The Kier molecular flexibility index (Phi) is 31.7. The topological polar surface area (TPSA) is 228 Å². The molecule has 14 heteroatoms. The second-order valence-electron chi connectivity index (χ2n) is 16.1. The van der Waals surface area contributed by atoms with Crippen LogP contribution in [-0.4, -0.2) is 140 Å². The quantitative estimate of drug-likeness (QED) is 0.0312. The molecule has 0 radical (unpaired) electrons. The molecule has 2 aliphatic heterocycles. The minimum absolute atomic E-state index is 0.220. The molecule has 12 unspecified atom stereocenters. The van der Waals surface area contributed by atoms with Crippen molar-refractivity contribution >= 4 is 5.91 Å². The third kappa shape index (κ3) is 23.3. The number of allylic oxidation sites excluding steroid dienone is 13. The molecule has 2 rings (SSSR count). The van der Waals surface area contributed by atoms with Gasteiger partial charge in [-0.05, 0) is 70.6 Å². The Balaban J connectivity index is 1.85. The van der Waals surface area contributed by atoms with E-state index in [1.807, 2.05) is 6.08 Å². The summed E-state index contributed by atoms with van der Waals surface area (Å²) in [7, 11) is 0. The van der Waals surface area contributed by atoms with E-state index in [4.69, 9.17) is 18.9 Å². The number of aliphatic hydroxyl groups is 8. The molecule has 2 aliphatic rings. The van der Waals surface area contributed by atoms with Gasteiger partial charge < -0.3 is 65.1 Å². The van der Waals surface area contributed by atoms with Gasteiger partial charge in [-0.2, -0.15) is 0 Å². The second kappa shape index (κ2) is 35.4. The zero-order valence-electron chi connectivity index (χ0n) is 37.8. The van der Waals surface area contributed by atoms with Gasteiger partial charge in [0.25, 0.3) is 0 Å². The number of carbonyl (C=O) groups is 1. The zero-order valence-corrected chi connectivity index (χ0v) is 37.8. The minimum Gasteiger partial charge on any atom is -0.394 e. The van der Waals surface area contributed by atoms with Gasteiger partial charge in [-0.1, -0.05) is 131 Å². The minimum atomic E-state index is -1.79. The lowest BCUT2D eigenvalue weighted by molar-refractivity contribution is -0.359. The molecular formula is C49H81NO13. The van der Waals surface area contributed by atoms with Crippen molar-refractivity contribution in [3.05, 3.63) is 85.1 Å². The zero-order chi connectivity index (χ0) is 46.1. The van der Waals surface area contributed by atoms with Crippen molar-refractivity contribution < 1.29 is 64.6 Å².